The Labute approximate surface area is 129 Å². The van der Waals surface area contributed by atoms with E-state index in [0.717, 1.165) is 24.3 Å². The van der Waals surface area contributed by atoms with E-state index in [1.807, 2.05) is 0 Å². The topological polar surface area (TPSA) is 152 Å². The second-order valence-corrected chi connectivity index (χ2v) is 5.11. The summed E-state index contributed by atoms with van der Waals surface area (Å²) in [5.74, 6) is -3.50. The summed E-state index contributed by atoms with van der Waals surface area (Å²) >= 11 is 0. The highest BCUT2D eigenvalue weighted by molar-refractivity contribution is 6.06. The van der Waals surface area contributed by atoms with E-state index in [9.17, 15) is 35.4 Å². The average molecular weight is 321 g/mol. The highest BCUT2D eigenvalue weighted by Gasteiger charge is 2.44. The maximum Gasteiger partial charge on any atom is 0.363 e. The van der Waals surface area contributed by atoms with E-state index < -0.39 is 41.0 Å². The van der Waals surface area contributed by atoms with Gasteiger partial charge in [0.2, 0.25) is 6.10 Å². The van der Waals surface area contributed by atoms with Crippen LogP contribution in [0.4, 0.5) is 0 Å². The van der Waals surface area contributed by atoms with Gasteiger partial charge in [0, 0.05) is 17.7 Å². The SMILES string of the molecule is Oc1cc(O)c2c(c1)OC(c1cc(O)c(O)c(O)c1)[C@@H](O)C2=[OH+]. The molecule has 0 amide bonds. The Morgan fingerprint density at radius 3 is 2.09 bits per heavy atom. The first-order valence-corrected chi connectivity index (χ1v) is 6.51. The van der Waals surface area contributed by atoms with Gasteiger partial charge in [-0.2, -0.15) is 0 Å². The number of phenols is 5. The standard InChI is InChI=1S/C15H12O8/c16-6-3-7(17)11-10(4-6)23-15(14(22)13(11)21)5-1-8(18)12(20)9(19)2-5/h1-4,14-20,22H/p+1/t14-,15?/m0/s1. The van der Waals surface area contributed by atoms with Crippen LogP contribution < -0.4 is 4.74 Å². The van der Waals surface area contributed by atoms with Gasteiger partial charge < -0.3 is 35.4 Å². The lowest BCUT2D eigenvalue weighted by molar-refractivity contribution is 0.0657. The highest BCUT2D eigenvalue weighted by Crippen LogP contribution is 2.44. The number of carbonyl (C=O) groups excluding carboxylic acids is 1. The molecular formula is C15H13O8+. The number of aliphatic hydroxyl groups is 1. The number of ether oxygens (including phenoxy) is 1. The summed E-state index contributed by atoms with van der Waals surface area (Å²) in [6.45, 7) is 0. The minimum absolute atomic E-state index is 0.0605. The zero-order valence-electron chi connectivity index (χ0n) is 11.5. The molecule has 0 aromatic heterocycles. The molecule has 0 spiro atoms. The molecule has 1 unspecified atom stereocenters. The number of fused-ring (bicyclic) bond motifs is 1. The number of ketones is 1. The van der Waals surface area contributed by atoms with Crippen LogP contribution >= 0.6 is 0 Å². The molecule has 3 rings (SSSR count). The van der Waals surface area contributed by atoms with Crippen molar-refractivity contribution in [1.82, 2.24) is 0 Å². The van der Waals surface area contributed by atoms with Crippen LogP contribution in [-0.4, -0.2) is 47.3 Å². The van der Waals surface area contributed by atoms with E-state index in [1.165, 1.54) is 0 Å². The quantitative estimate of drug-likeness (QED) is 0.332. The van der Waals surface area contributed by atoms with Crippen molar-refractivity contribution < 1.29 is 40.2 Å². The summed E-state index contributed by atoms with van der Waals surface area (Å²) in [6, 6.07) is 4.20. The van der Waals surface area contributed by atoms with Crippen molar-refractivity contribution in [2.75, 3.05) is 0 Å². The molecule has 1 aliphatic rings. The average Bonchev–Trinajstić information content (AvgIpc) is 2.47. The summed E-state index contributed by atoms with van der Waals surface area (Å²) in [6.07, 6.45) is -2.86. The van der Waals surface area contributed by atoms with Gasteiger partial charge in [-0.05, 0) is 12.1 Å². The molecule has 0 radical (unpaired) electrons. The van der Waals surface area contributed by atoms with E-state index in [4.69, 9.17) is 4.74 Å². The molecule has 7 N–H and O–H groups in total. The Kier molecular flexibility index (Phi) is 3.19. The van der Waals surface area contributed by atoms with Crippen LogP contribution in [0.3, 0.4) is 0 Å². The molecule has 8 nitrogen and oxygen atoms in total. The summed E-state index contributed by atoms with van der Waals surface area (Å²) < 4.78 is 5.46. The van der Waals surface area contributed by atoms with Gasteiger partial charge >= 0.3 is 5.78 Å². The number of aromatic hydroxyl groups is 5. The van der Waals surface area contributed by atoms with Crippen molar-refractivity contribution in [2.24, 2.45) is 0 Å². The molecule has 120 valence electrons. The number of benzene rings is 2. The van der Waals surface area contributed by atoms with Crippen molar-refractivity contribution in [3.05, 3.63) is 35.4 Å². The third kappa shape index (κ3) is 2.25. The summed E-state index contributed by atoms with van der Waals surface area (Å²) in [5, 5.41) is 57.9. The normalized spacial score (nSPS) is 20.0. The van der Waals surface area contributed by atoms with Crippen LogP contribution in [0, 0.1) is 0 Å². The molecule has 1 heterocycles. The predicted octanol–water partition coefficient (Wildman–Crippen LogP) is 0.602. The second-order valence-electron chi connectivity index (χ2n) is 5.11. The molecule has 23 heavy (non-hydrogen) atoms. The molecule has 2 aromatic rings. The van der Waals surface area contributed by atoms with E-state index in [0.29, 0.717) is 0 Å². The molecule has 1 aliphatic heterocycles. The van der Waals surface area contributed by atoms with Crippen molar-refractivity contribution in [2.45, 2.75) is 12.2 Å². The number of hydrogen-bond acceptors (Lipinski definition) is 7. The third-order valence-corrected chi connectivity index (χ3v) is 3.56. The van der Waals surface area contributed by atoms with Crippen molar-refractivity contribution in [3.63, 3.8) is 0 Å². The number of hydrogen-bond donors (Lipinski definition) is 6. The summed E-state index contributed by atoms with van der Waals surface area (Å²) in [4.78, 5) is 10.1. The number of rotatable bonds is 1. The smallest absolute Gasteiger partial charge is 0.363 e. The monoisotopic (exact) mass is 321 g/mol. The van der Waals surface area contributed by atoms with Crippen molar-refractivity contribution in [1.29, 1.82) is 0 Å². The van der Waals surface area contributed by atoms with Crippen LogP contribution in [0.25, 0.3) is 0 Å². The first kappa shape index (κ1) is 14.8. The lowest BCUT2D eigenvalue weighted by atomic mass is 9.92. The lowest BCUT2D eigenvalue weighted by Gasteiger charge is -2.27. The number of aliphatic hydroxyl groups excluding tert-OH is 1. The van der Waals surface area contributed by atoms with Gasteiger partial charge in [0.1, 0.15) is 17.2 Å². The van der Waals surface area contributed by atoms with E-state index in [1.54, 1.807) is 0 Å². The van der Waals surface area contributed by atoms with Gasteiger partial charge in [0.25, 0.3) is 0 Å². The van der Waals surface area contributed by atoms with Gasteiger partial charge in [0.15, 0.2) is 28.9 Å². The largest absolute Gasteiger partial charge is 0.508 e. The molecule has 8 heteroatoms. The van der Waals surface area contributed by atoms with Crippen LogP contribution in [0.5, 0.6) is 34.5 Å². The van der Waals surface area contributed by atoms with Gasteiger partial charge in [-0.3, -0.25) is 4.79 Å². The first-order chi connectivity index (χ1) is 10.8. The maximum atomic E-state index is 10.2. The molecule has 0 saturated heterocycles. The molecular weight excluding hydrogens is 308 g/mol. The summed E-state index contributed by atoms with van der Waals surface area (Å²) in [7, 11) is 0. The Morgan fingerprint density at radius 2 is 1.48 bits per heavy atom. The van der Waals surface area contributed by atoms with Gasteiger partial charge in [-0.15, -0.1) is 0 Å². The van der Waals surface area contributed by atoms with Crippen molar-refractivity contribution in [3.8, 4) is 34.5 Å². The Morgan fingerprint density at radius 1 is 0.870 bits per heavy atom. The van der Waals surface area contributed by atoms with E-state index in [-0.39, 0.29) is 22.6 Å². The number of phenolic OH excluding ortho intramolecular Hbond substituents is 5. The van der Waals surface area contributed by atoms with Crippen molar-refractivity contribution >= 4 is 5.78 Å². The molecule has 0 saturated carbocycles. The van der Waals surface area contributed by atoms with Crippen LogP contribution in [0.2, 0.25) is 0 Å². The highest BCUT2D eigenvalue weighted by atomic mass is 16.5. The molecule has 2 atom stereocenters. The second kappa shape index (κ2) is 4.96. The fourth-order valence-electron chi connectivity index (χ4n) is 2.47. The molecule has 0 aliphatic carbocycles. The van der Waals surface area contributed by atoms with E-state index >= 15 is 0 Å². The third-order valence-electron chi connectivity index (χ3n) is 3.56. The fraction of sp³-hybridized carbons (Fsp3) is 0.133. The lowest BCUT2D eigenvalue weighted by Crippen LogP contribution is -2.36. The Hall–Kier alpha value is -3.13. The molecule has 0 bridgehead atoms. The zero-order valence-corrected chi connectivity index (χ0v) is 11.5. The van der Waals surface area contributed by atoms with Gasteiger partial charge in [-0.25, -0.2) is 0 Å². The van der Waals surface area contributed by atoms with Crippen LogP contribution in [0.1, 0.15) is 17.2 Å². The van der Waals surface area contributed by atoms with Gasteiger partial charge in [-0.1, -0.05) is 0 Å². The molecule has 0 fully saturated rings. The first-order valence-electron chi connectivity index (χ1n) is 6.51. The van der Waals surface area contributed by atoms with Gasteiger partial charge in [0.05, 0.1) is 0 Å². The minimum Gasteiger partial charge on any atom is -0.508 e. The Balaban J connectivity index is 2.11. The van der Waals surface area contributed by atoms with E-state index in [2.05, 4.69) is 0 Å². The fourth-order valence-corrected chi connectivity index (χ4v) is 2.47. The predicted molar refractivity (Wildman–Crippen MR) is 76.6 cm³/mol. The zero-order chi connectivity index (χ0) is 16.9. The minimum atomic E-state index is -1.61. The Bertz CT molecular complexity index is 790. The maximum absolute atomic E-state index is 10.2. The van der Waals surface area contributed by atoms with Crippen LogP contribution in [-0.2, 0) is 0 Å². The van der Waals surface area contributed by atoms with Crippen LogP contribution in [0.15, 0.2) is 24.3 Å². The molecule has 2 aromatic carbocycles. The summed E-state index contributed by atoms with van der Waals surface area (Å²) in [5.41, 5.74) is -0.107.